The van der Waals surface area contributed by atoms with E-state index in [4.69, 9.17) is 0 Å². The van der Waals surface area contributed by atoms with Crippen LogP contribution in [0.4, 0.5) is 18.9 Å². The first kappa shape index (κ1) is 21.2. The van der Waals surface area contributed by atoms with Gasteiger partial charge in [-0.15, -0.1) is 0 Å². The third kappa shape index (κ3) is 5.45. The van der Waals surface area contributed by atoms with Crippen LogP contribution in [0.5, 0.6) is 0 Å². The highest BCUT2D eigenvalue weighted by atomic mass is 19.2. The molecule has 27 heavy (non-hydrogen) atoms. The maximum absolute atomic E-state index is 13.6. The second-order valence-electron chi connectivity index (χ2n) is 7.24. The van der Waals surface area contributed by atoms with Crippen LogP contribution >= 0.6 is 0 Å². The lowest BCUT2D eigenvalue weighted by Gasteiger charge is -2.32. The van der Waals surface area contributed by atoms with Crippen molar-refractivity contribution in [3.05, 3.63) is 29.6 Å². The minimum absolute atomic E-state index is 0.132. The van der Waals surface area contributed by atoms with E-state index in [2.05, 4.69) is 17.6 Å². The number of carbonyl (C=O) groups excluding carboxylic acids is 2. The normalized spacial score (nSPS) is 21.0. The highest BCUT2D eigenvalue weighted by molar-refractivity contribution is 5.93. The third-order valence-corrected chi connectivity index (χ3v) is 5.18. The number of hydrogen-bond donors (Lipinski definition) is 2. The number of halogens is 3. The number of likely N-dealkylation sites (N-methyl/N-ethyl adjacent to an activating group) is 1. The molecule has 150 valence electrons. The van der Waals surface area contributed by atoms with E-state index in [0.29, 0.717) is 5.92 Å². The quantitative estimate of drug-likeness (QED) is 0.740. The number of carbonyl (C=O) groups is 2. The van der Waals surface area contributed by atoms with Crippen LogP contribution in [0.3, 0.4) is 0 Å². The summed E-state index contributed by atoms with van der Waals surface area (Å²) in [5.41, 5.74) is -0.444. The van der Waals surface area contributed by atoms with Crippen LogP contribution in [-0.2, 0) is 9.59 Å². The fourth-order valence-electron chi connectivity index (χ4n) is 3.21. The zero-order chi connectivity index (χ0) is 20.1. The van der Waals surface area contributed by atoms with E-state index in [1.54, 1.807) is 14.0 Å². The van der Waals surface area contributed by atoms with E-state index >= 15 is 0 Å². The lowest BCUT2D eigenvalue weighted by atomic mass is 9.86. The van der Waals surface area contributed by atoms with Gasteiger partial charge in [0.05, 0.1) is 18.3 Å². The van der Waals surface area contributed by atoms with E-state index in [1.807, 2.05) is 0 Å². The van der Waals surface area contributed by atoms with Gasteiger partial charge in [-0.3, -0.25) is 14.5 Å². The van der Waals surface area contributed by atoms with Crippen LogP contribution in [0.15, 0.2) is 12.1 Å². The van der Waals surface area contributed by atoms with E-state index in [9.17, 15) is 22.8 Å². The predicted molar refractivity (Wildman–Crippen MR) is 96.6 cm³/mol. The molecule has 0 bridgehead atoms. The Balaban J connectivity index is 1.89. The summed E-state index contributed by atoms with van der Waals surface area (Å²) in [6, 6.07) is 1.25. The number of nitrogens with zero attached hydrogens (tertiary/aromatic N) is 1. The van der Waals surface area contributed by atoms with Crippen molar-refractivity contribution in [2.45, 2.75) is 51.6 Å². The standard InChI is InChI=1S/C19H26F3N3O2/c1-11-6-4-5-7-14(11)24-19(27)12(2)25(3)10-16(26)23-15-9-8-13(20)17(21)18(15)22/h8-9,11-12,14H,4-7,10H2,1-3H3,(H,23,26)(H,24,27)/t11-,12-,14+/m1/s1. The van der Waals surface area contributed by atoms with Crippen molar-refractivity contribution in [2.24, 2.45) is 5.92 Å². The monoisotopic (exact) mass is 385 g/mol. The van der Waals surface area contributed by atoms with Gasteiger partial charge < -0.3 is 10.6 Å². The first-order chi connectivity index (χ1) is 12.7. The zero-order valence-electron chi connectivity index (χ0n) is 15.8. The van der Waals surface area contributed by atoms with E-state index in [0.717, 1.165) is 31.4 Å². The minimum Gasteiger partial charge on any atom is -0.352 e. The maximum atomic E-state index is 13.6. The molecule has 1 aliphatic carbocycles. The smallest absolute Gasteiger partial charge is 0.238 e. The molecule has 0 unspecified atom stereocenters. The van der Waals surface area contributed by atoms with Crippen molar-refractivity contribution in [1.29, 1.82) is 0 Å². The zero-order valence-corrected chi connectivity index (χ0v) is 15.8. The molecule has 1 aliphatic rings. The van der Waals surface area contributed by atoms with E-state index in [-0.39, 0.29) is 18.5 Å². The molecule has 8 heteroatoms. The second kappa shape index (κ2) is 9.21. The molecule has 2 N–H and O–H groups in total. The number of hydrogen-bond acceptors (Lipinski definition) is 3. The summed E-state index contributed by atoms with van der Waals surface area (Å²) in [7, 11) is 1.59. The Hall–Kier alpha value is -2.09. The summed E-state index contributed by atoms with van der Waals surface area (Å²) in [6.07, 6.45) is 4.28. The van der Waals surface area contributed by atoms with Crippen molar-refractivity contribution in [3.63, 3.8) is 0 Å². The third-order valence-electron chi connectivity index (χ3n) is 5.18. The van der Waals surface area contributed by atoms with Gasteiger partial charge in [-0.1, -0.05) is 19.8 Å². The van der Waals surface area contributed by atoms with Crippen molar-refractivity contribution < 1.29 is 22.8 Å². The first-order valence-corrected chi connectivity index (χ1v) is 9.14. The molecule has 0 radical (unpaired) electrons. The summed E-state index contributed by atoms with van der Waals surface area (Å²) in [5.74, 6) is -4.82. The molecule has 0 aromatic heterocycles. The molecule has 3 atom stereocenters. The molecule has 0 spiro atoms. The van der Waals surface area contributed by atoms with Gasteiger partial charge in [-0.2, -0.15) is 0 Å². The maximum Gasteiger partial charge on any atom is 0.238 e. The van der Waals surface area contributed by atoms with E-state index in [1.165, 1.54) is 11.3 Å². The Kier molecular flexibility index (Phi) is 7.24. The van der Waals surface area contributed by atoms with Crippen molar-refractivity contribution in [2.75, 3.05) is 18.9 Å². The summed E-state index contributed by atoms with van der Waals surface area (Å²) in [5, 5.41) is 5.23. The molecule has 1 aromatic rings. The van der Waals surface area contributed by atoms with Crippen LogP contribution in [-0.4, -0.2) is 42.4 Å². The molecule has 0 saturated heterocycles. The average Bonchev–Trinajstić information content (AvgIpc) is 2.63. The minimum atomic E-state index is -1.64. The largest absolute Gasteiger partial charge is 0.352 e. The molecule has 0 heterocycles. The van der Waals surface area contributed by atoms with Crippen LogP contribution in [0.1, 0.15) is 39.5 Å². The Morgan fingerprint density at radius 1 is 1.19 bits per heavy atom. The topological polar surface area (TPSA) is 61.4 Å². The van der Waals surface area contributed by atoms with Crippen molar-refractivity contribution in [1.82, 2.24) is 10.2 Å². The van der Waals surface area contributed by atoms with Crippen LogP contribution in [0.2, 0.25) is 0 Å². The average molecular weight is 385 g/mol. The SMILES string of the molecule is C[C@@H]1CCCC[C@@H]1NC(=O)[C@@H](C)N(C)CC(=O)Nc1ccc(F)c(F)c1F. The molecular formula is C19H26F3N3O2. The fraction of sp³-hybridized carbons (Fsp3) is 0.579. The molecule has 2 amide bonds. The van der Waals surface area contributed by atoms with Gasteiger partial charge >= 0.3 is 0 Å². The molecular weight excluding hydrogens is 359 g/mol. The Morgan fingerprint density at radius 3 is 2.52 bits per heavy atom. The number of amides is 2. The van der Waals surface area contributed by atoms with Gasteiger partial charge in [0, 0.05) is 6.04 Å². The second-order valence-corrected chi connectivity index (χ2v) is 7.24. The summed E-state index contributed by atoms with van der Waals surface area (Å²) < 4.78 is 39.8. The van der Waals surface area contributed by atoms with Crippen LogP contribution in [0, 0.1) is 23.4 Å². The Bertz CT molecular complexity index is 699. The van der Waals surface area contributed by atoms with Gasteiger partial charge in [-0.25, -0.2) is 13.2 Å². The molecule has 1 fully saturated rings. The van der Waals surface area contributed by atoms with Crippen molar-refractivity contribution >= 4 is 17.5 Å². The summed E-state index contributed by atoms with van der Waals surface area (Å²) in [6.45, 7) is 3.59. The number of anilines is 1. The Labute approximate surface area is 157 Å². The molecule has 1 saturated carbocycles. The van der Waals surface area contributed by atoms with E-state index < -0.39 is 35.1 Å². The van der Waals surface area contributed by atoms with Crippen LogP contribution in [0.25, 0.3) is 0 Å². The van der Waals surface area contributed by atoms with Gasteiger partial charge in [0.15, 0.2) is 17.5 Å². The fourth-order valence-corrected chi connectivity index (χ4v) is 3.21. The highest BCUT2D eigenvalue weighted by Gasteiger charge is 2.27. The summed E-state index contributed by atoms with van der Waals surface area (Å²) >= 11 is 0. The lowest BCUT2D eigenvalue weighted by Crippen LogP contribution is -2.50. The number of nitrogens with one attached hydrogen (secondary N) is 2. The molecule has 5 nitrogen and oxygen atoms in total. The molecule has 1 aromatic carbocycles. The molecule has 2 rings (SSSR count). The van der Waals surface area contributed by atoms with Gasteiger partial charge in [0.25, 0.3) is 0 Å². The van der Waals surface area contributed by atoms with Crippen LogP contribution < -0.4 is 10.6 Å². The highest BCUT2D eigenvalue weighted by Crippen LogP contribution is 2.24. The van der Waals surface area contributed by atoms with Gasteiger partial charge in [0.1, 0.15) is 0 Å². The van der Waals surface area contributed by atoms with Gasteiger partial charge in [-0.05, 0) is 44.9 Å². The van der Waals surface area contributed by atoms with Gasteiger partial charge in [0.2, 0.25) is 11.8 Å². The van der Waals surface area contributed by atoms with Crippen molar-refractivity contribution in [3.8, 4) is 0 Å². The molecule has 0 aliphatic heterocycles. The summed E-state index contributed by atoms with van der Waals surface area (Å²) in [4.78, 5) is 26.0. The first-order valence-electron chi connectivity index (χ1n) is 9.14. The number of rotatable bonds is 6. The lowest BCUT2D eigenvalue weighted by molar-refractivity contribution is -0.127. The Morgan fingerprint density at radius 2 is 1.85 bits per heavy atom. The number of benzene rings is 1. The predicted octanol–water partition coefficient (Wildman–Crippen LogP) is 3.06.